The maximum absolute atomic E-state index is 12.3. The molecule has 2 aromatic heterocycles. The van der Waals surface area contributed by atoms with Gasteiger partial charge in [-0.15, -0.1) is 0 Å². The topological polar surface area (TPSA) is 61.6 Å². The minimum Gasteiger partial charge on any atom is -0.364 e. The van der Waals surface area contributed by atoms with Gasteiger partial charge in [-0.2, -0.15) is 11.3 Å². The molecule has 23 heavy (non-hydrogen) atoms. The molecule has 2 amide bonds. The Bertz CT molecular complexity index is 592. The number of urea groups is 1. The zero-order valence-electron chi connectivity index (χ0n) is 13.3. The van der Waals surface area contributed by atoms with E-state index in [9.17, 15) is 4.79 Å². The Kier molecular flexibility index (Phi) is 5.30. The third-order valence-corrected chi connectivity index (χ3v) is 4.76. The SMILES string of the molecule is C[C@@H](Cc1ccsc1)NC(=O)N1CCN(Cc2ccon2)CC1. The van der Waals surface area contributed by atoms with E-state index >= 15 is 0 Å². The number of carbonyl (C=O) groups excluding carboxylic acids is 1. The van der Waals surface area contributed by atoms with Crippen LogP contribution in [0.4, 0.5) is 4.79 Å². The molecule has 1 atom stereocenters. The van der Waals surface area contributed by atoms with Crippen molar-refractivity contribution in [2.24, 2.45) is 0 Å². The Morgan fingerprint density at radius 1 is 1.39 bits per heavy atom. The maximum Gasteiger partial charge on any atom is 0.317 e. The third kappa shape index (κ3) is 4.56. The Balaban J connectivity index is 1.41. The van der Waals surface area contributed by atoms with Crippen molar-refractivity contribution >= 4 is 17.4 Å². The first-order valence-corrected chi connectivity index (χ1v) is 8.83. The Labute approximate surface area is 140 Å². The average Bonchev–Trinajstić information content (AvgIpc) is 3.21. The zero-order valence-corrected chi connectivity index (χ0v) is 14.1. The van der Waals surface area contributed by atoms with Crippen molar-refractivity contribution in [3.05, 3.63) is 40.4 Å². The number of thiophene rings is 1. The smallest absolute Gasteiger partial charge is 0.317 e. The van der Waals surface area contributed by atoms with Gasteiger partial charge in [0.15, 0.2) is 0 Å². The molecule has 0 unspecified atom stereocenters. The van der Waals surface area contributed by atoms with Crippen LogP contribution >= 0.6 is 11.3 Å². The minimum atomic E-state index is 0.0359. The number of hydrogen-bond acceptors (Lipinski definition) is 5. The quantitative estimate of drug-likeness (QED) is 0.910. The van der Waals surface area contributed by atoms with Crippen LogP contribution in [0, 0.1) is 0 Å². The van der Waals surface area contributed by atoms with Crippen LogP contribution in [0.5, 0.6) is 0 Å². The fraction of sp³-hybridized carbons (Fsp3) is 0.500. The molecule has 1 aliphatic rings. The highest BCUT2D eigenvalue weighted by molar-refractivity contribution is 7.07. The van der Waals surface area contributed by atoms with Crippen LogP contribution in [-0.4, -0.2) is 53.2 Å². The van der Waals surface area contributed by atoms with E-state index in [0.29, 0.717) is 0 Å². The van der Waals surface area contributed by atoms with Crippen molar-refractivity contribution in [1.29, 1.82) is 0 Å². The van der Waals surface area contributed by atoms with Crippen molar-refractivity contribution in [2.75, 3.05) is 26.2 Å². The lowest BCUT2D eigenvalue weighted by Crippen LogP contribution is -2.53. The van der Waals surface area contributed by atoms with E-state index < -0.39 is 0 Å². The molecule has 1 N–H and O–H groups in total. The van der Waals surface area contributed by atoms with Gasteiger partial charge >= 0.3 is 6.03 Å². The van der Waals surface area contributed by atoms with Gasteiger partial charge in [0.2, 0.25) is 0 Å². The first-order chi connectivity index (χ1) is 11.2. The molecule has 1 aliphatic heterocycles. The van der Waals surface area contributed by atoms with Crippen LogP contribution in [0.3, 0.4) is 0 Å². The Morgan fingerprint density at radius 2 is 2.22 bits per heavy atom. The highest BCUT2D eigenvalue weighted by Crippen LogP contribution is 2.10. The number of aromatic nitrogens is 1. The molecule has 0 spiro atoms. The summed E-state index contributed by atoms with van der Waals surface area (Å²) < 4.78 is 4.85. The Hall–Kier alpha value is -1.86. The molecule has 1 saturated heterocycles. The second-order valence-corrected chi connectivity index (χ2v) is 6.72. The van der Waals surface area contributed by atoms with Crippen LogP contribution in [0.1, 0.15) is 18.2 Å². The number of rotatable bonds is 5. The predicted octanol–water partition coefficient (Wildman–Crippen LogP) is 2.19. The van der Waals surface area contributed by atoms with Crippen molar-refractivity contribution in [1.82, 2.24) is 20.3 Å². The highest BCUT2D eigenvalue weighted by Gasteiger charge is 2.22. The highest BCUT2D eigenvalue weighted by atomic mass is 32.1. The molecule has 3 heterocycles. The summed E-state index contributed by atoms with van der Waals surface area (Å²) in [5.41, 5.74) is 2.22. The van der Waals surface area contributed by atoms with Crippen molar-refractivity contribution in [3.63, 3.8) is 0 Å². The largest absolute Gasteiger partial charge is 0.364 e. The van der Waals surface area contributed by atoms with E-state index in [1.54, 1.807) is 17.6 Å². The fourth-order valence-corrected chi connectivity index (χ4v) is 3.45. The molecule has 1 fully saturated rings. The summed E-state index contributed by atoms with van der Waals surface area (Å²) in [5.74, 6) is 0. The summed E-state index contributed by atoms with van der Waals surface area (Å²) in [6.07, 6.45) is 2.47. The first kappa shape index (κ1) is 16.0. The van der Waals surface area contributed by atoms with Gasteiger partial charge in [-0.1, -0.05) is 5.16 Å². The van der Waals surface area contributed by atoms with E-state index in [1.165, 1.54) is 5.56 Å². The van der Waals surface area contributed by atoms with Crippen LogP contribution in [0.15, 0.2) is 33.7 Å². The standard InChI is InChI=1S/C16H22N4O2S/c1-13(10-14-3-9-23-12-14)17-16(21)20-6-4-19(5-7-20)11-15-2-8-22-18-15/h2-3,8-9,12-13H,4-7,10-11H2,1H3,(H,17,21)/t13-/m0/s1. The van der Waals surface area contributed by atoms with Crippen molar-refractivity contribution in [3.8, 4) is 0 Å². The molecule has 124 valence electrons. The number of carbonyl (C=O) groups is 1. The summed E-state index contributed by atoms with van der Waals surface area (Å²) >= 11 is 1.69. The lowest BCUT2D eigenvalue weighted by Gasteiger charge is -2.34. The molecule has 7 heteroatoms. The summed E-state index contributed by atoms with van der Waals surface area (Å²) in [5, 5.41) is 11.2. The summed E-state index contributed by atoms with van der Waals surface area (Å²) in [4.78, 5) is 16.5. The van der Waals surface area contributed by atoms with Gasteiger partial charge in [0, 0.05) is 44.8 Å². The second-order valence-electron chi connectivity index (χ2n) is 5.94. The number of piperazine rings is 1. The Morgan fingerprint density at radius 3 is 2.87 bits per heavy atom. The van der Waals surface area contributed by atoms with Crippen molar-refractivity contribution < 1.29 is 9.32 Å². The summed E-state index contributed by atoms with van der Waals surface area (Å²) in [7, 11) is 0. The summed E-state index contributed by atoms with van der Waals surface area (Å²) in [6, 6.07) is 4.17. The van der Waals surface area contributed by atoms with Gasteiger partial charge in [0.25, 0.3) is 0 Å². The average molecular weight is 334 g/mol. The lowest BCUT2D eigenvalue weighted by molar-refractivity contribution is 0.132. The molecule has 6 nitrogen and oxygen atoms in total. The zero-order chi connectivity index (χ0) is 16.1. The molecular weight excluding hydrogens is 312 g/mol. The molecule has 0 bridgehead atoms. The van der Waals surface area contributed by atoms with E-state index in [2.05, 4.69) is 39.1 Å². The molecule has 0 saturated carbocycles. The predicted molar refractivity (Wildman–Crippen MR) is 89.4 cm³/mol. The van der Waals surface area contributed by atoms with Gasteiger partial charge in [0.05, 0.1) is 5.69 Å². The van der Waals surface area contributed by atoms with Crippen LogP contribution < -0.4 is 5.32 Å². The third-order valence-electron chi connectivity index (χ3n) is 4.03. The lowest BCUT2D eigenvalue weighted by atomic mass is 10.1. The van der Waals surface area contributed by atoms with Crippen LogP contribution in [0.25, 0.3) is 0 Å². The number of nitrogens with one attached hydrogen (secondary N) is 1. The minimum absolute atomic E-state index is 0.0359. The normalized spacial score (nSPS) is 17.2. The van der Waals surface area contributed by atoms with E-state index in [1.807, 2.05) is 11.0 Å². The monoisotopic (exact) mass is 334 g/mol. The second kappa shape index (κ2) is 7.61. The van der Waals surface area contributed by atoms with Gasteiger partial charge in [-0.3, -0.25) is 4.90 Å². The van der Waals surface area contributed by atoms with Crippen LogP contribution in [-0.2, 0) is 13.0 Å². The maximum atomic E-state index is 12.3. The first-order valence-electron chi connectivity index (χ1n) is 7.89. The number of hydrogen-bond donors (Lipinski definition) is 1. The molecular formula is C16H22N4O2S. The molecule has 0 radical (unpaired) electrons. The van der Waals surface area contributed by atoms with Gasteiger partial charge in [-0.05, 0) is 35.7 Å². The van der Waals surface area contributed by atoms with E-state index in [0.717, 1.165) is 44.8 Å². The van der Waals surface area contributed by atoms with E-state index in [-0.39, 0.29) is 12.1 Å². The number of nitrogens with zero attached hydrogens (tertiary/aromatic N) is 3. The molecule has 0 aromatic carbocycles. The molecule has 3 rings (SSSR count). The van der Waals surface area contributed by atoms with Gasteiger partial charge in [0.1, 0.15) is 6.26 Å². The van der Waals surface area contributed by atoms with Gasteiger partial charge in [-0.25, -0.2) is 4.79 Å². The number of amides is 2. The van der Waals surface area contributed by atoms with Crippen molar-refractivity contribution in [2.45, 2.75) is 25.9 Å². The van der Waals surface area contributed by atoms with Gasteiger partial charge < -0.3 is 14.7 Å². The fourth-order valence-electron chi connectivity index (χ4n) is 2.77. The molecule has 0 aliphatic carbocycles. The van der Waals surface area contributed by atoms with E-state index in [4.69, 9.17) is 4.52 Å². The van der Waals surface area contributed by atoms with Crippen LogP contribution in [0.2, 0.25) is 0 Å². The molecule has 2 aromatic rings. The summed E-state index contributed by atoms with van der Waals surface area (Å²) in [6.45, 7) is 6.04.